The molecule has 0 aliphatic carbocycles. The van der Waals surface area contributed by atoms with E-state index in [0.29, 0.717) is 0 Å². The number of nitrogens with one attached hydrogen (secondary N) is 1. The molecule has 0 saturated heterocycles. The first-order valence-corrected chi connectivity index (χ1v) is 6.48. The number of nitrogens with zero attached hydrogens (tertiary/aromatic N) is 3. The number of carbonyl (C=O) groups is 1. The lowest BCUT2D eigenvalue weighted by molar-refractivity contribution is -0.139. The van der Waals surface area contributed by atoms with Crippen LogP contribution >= 0.6 is 15.9 Å². The zero-order valence-electron chi connectivity index (χ0n) is 8.53. The van der Waals surface area contributed by atoms with Gasteiger partial charge in [0.05, 0.1) is 6.61 Å². The van der Waals surface area contributed by atoms with Gasteiger partial charge in [0.25, 0.3) is 10.0 Å². The summed E-state index contributed by atoms with van der Waals surface area (Å²) < 4.78 is 26.3. The lowest BCUT2D eigenvalue weighted by Gasteiger charge is -2.11. The molecule has 1 atom stereocenters. The van der Waals surface area contributed by atoms with E-state index in [1.165, 1.54) is 7.05 Å². The Bertz CT molecular complexity index is 507. The molecule has 1 aromatic heterocycles. The summed E-state index contributed by atoms with van der Waals surface area (Å²) in [7, 11) is -2.80. The SMILES string of the molecule is Cn1nnc(Br)c1S(=O)(=O)N[C@H](CO)C(=O)O. The van der Waals surface area contributed by atoms with Crippen molar-refractivity contribution in [2.45, 2.75) is 11.1 Å². The molecule has 0 unspecified atom stereocenters. The van der Waals surface area contributed by atoms with Crippen molar-refractivity contribution in [1.29, 1.82) is 0 Å². The molecule has 1 aromatic rings. The molecule has 11 heteroatoms. The van der Waals surface area contributed by atoms with E-state index >= 15 is 0 Å². The third-order valence-electron chi connectivity index (χ3n) is 1.77. The van der Waals surface area contributed by atoms with Crippen LogP contribution in [0.25, 0.3) is 0 Å². The summed E-state index contributed by atoms with van der Waals surface area (Å²) in [5, 5.41) is 24.0. The number of rotatable bonds is 5. The zero-order chi connectivity index (χ0) is 13.2. The molecule has 96 valence electrons. The van der Waals surface area contributed by atoms with E-state index in [-0.39, 0.29) is 9.63 Å². The molecule has 0 aromatic carbocycles. The van der Waals surface area contributed by atoms with Gasteiger partial charge in [0.15, 0.2) is 4.60 Å². The Balaban J connectivity index is 3.09. The number of aryl methyl sites for hydroxylation is 1. The molecule has 0 aliphatic heterocycles. The lowest BCUT2D eigenvalue weighted by atomic mass is 10.3. The highest BCUT2D eigenvalue weighted by Crippen LogP contribution is 2.17. The van der Waals surface area contributed by atoms with Crippen molar-refractivity contribution in [3.8, 4) is 0 Å². The minimum Gasteiger partial charge on any atom is -0.480 e. The van der Waals surface area contributed by atoms with Gasteiger partial charge in [-0.15, -0.1) is 5.10 Å². The Morgan fingerprint density at radius 2 is 2.24 bits per heavy atom. The van der Waals surface area contributed by atoms with Crippen molar-refractivity contribution in [2.24, 2.45) is 7.05 Å². The Labute approximate surface area is 105 Å². The van der Waals surface area contributed by atoms with Gasteiger partial charge in [0, 0.05) is 7.05 Å². The average Bonchev–Trinajstić information content (AvgIpc) is 2.55. The number of aromatic nitrogens is 3. The summed E-state index contributed by atoms with van der Waals surface area (Å²) in [6, 6.07) is -1.62. The molecule has 1 heterocycles. The van der Waals surface area contributed by atoms with Gasteiger partial charge < -0.3 is 10.2 Å². The predicted molar refractivity (Wildman–Crippen MR) is 57.5 cm³/mol. The highest BCUT2D eigenvalue weighted by molar-refractivity contribution is 9.10. The molecule has 0 aliphatic rings. The third kappa shape index (κ3) is 3.00. The molecule has 0 saturated carbocycles. The second kappa shape index (κ2) is 5.08. The first kappa shape index (κ1) is 14.0. The van der Waals surface area contributed by atoms with Crippen LogP contribution in [0.3, 0.4) is 0 Å². The Kier molecular flexibility index (Phi) is 4.19. The molecule has 0 spiro atoms. The molecular formula is C6H9BrN4O5S. The highest BCUT2D eigenvalue weighted by atomic mass is 79.9. The van der Waals surface area contributed by atoms with Crippen LogP contribution in [-0.4, -0.2) is 52.2 Å². The molecule has 0 bridgehead atoms. The molecular weight excluding hydrogens is 320 g/mol. The number of sulfonamides is 1. The van der Waals surface area contributed by atoms with Crippen LogP contribution in [0.15, 0.2) is 9.63 Å². The van der Waals surface area contributed by atoms with E-state index in [1.807, 2.05) is 4.72 Å². The maximum absolute atomic E-state index is 11.8. The largest absolute Gasteiger partial charge is 0.480 e. The normalized spacial score (nSPS) is 13.6. The van der Waals surface area contributed by atoms with E-state index in [1.54, 1.807) is 0 Å². The van der Waals surface area contributed by atoms with Crippen LogP contribution < -0.4 is 4.72 Å². The number of hydrogen-bond donors (Lipinski definition) is 3. The Hall–Kier alpha value is -1.04. The summed E-state index contributed by atoms with van der Waals surface area (Å²) in [4.78, 5) is 10.6. The van der Waals surface area contributed by atoms with E-state index in [4.69, 9.17) is 10.2 Å². The average molecular weight is 329 g/mol. The van der Waals surface area contributed by atoms with Crippen molar-refractivity contribution >= 4 is 31.9 Å². The first-order chi connectivity index (χ1) is 7.79. The molecule has 1 rings (SSSR count). The third-order valence-corrected chi connectivity index (χ3v) is 4.13. The van der Waals surface area contributed by atoms with Gasteiger partial charge >= 0.3 is 5.97 Å². The standard InChI is InChI=1S/C6H9BrN4O5S/c1-11-5(4(7)8-10-11)17(15,16)9-3(2-12)6(13)14/h3,9,12H,2H2,1H3,(H,13,14)/t3-/m1/s1. The molecule has 0 radical (unpaired) electrons. The van der Waals surface area contributed by atoms with Crippen LogP contribution in [0.4, 0.5) is 0 Å². The van der Waals surface area contributed by atoms with Gasteiger partial charge in [-0.25, -0.2) is 13.1 Å². The van der Waals surface area contributed by atoms with Crippen molar-refractivity contribution in [3.05, 3.63) is 4.60 Å². The van der Waals surface area contributed by atoms with Gasteiger partial charge in [-0.3, -0.25) is 4.79 Å². The Morgan fingerprint density at radius 1 is 1.65 bits per heavy atom. The van der Waals surface area contributed by atoms with Crippen molar-refractivity contribution < 1.29 is 23.4 Å². The number of aliphatic hydroxyl groups excluding tert-OH is 1. The summed E-state index contributed by atoms with van der Waals surface area (Å²) in [6.45, 7) is -0.864. The van der Waals surface area contributed by atoms with Crippen LogP contribution in [0.2, 0.25) is 0 Å². The predicted octanol–water partition coefficient (Wildman–Crippen LogP) is -1.70. The van der Waals surface area contributed by atoms with E-state index in [2.05, 4.69) is 26.2 Å². The fourth-order valence-corrected chi connectivity index (χ4v) is 3.29. The summed E-state index contributed by atoms with van der Waals surface area (Å²) in [5.74, 6) is -1.48. The molecule has 0 fully saturated rings. The Morgan fingerprint density at radius 3 is 2.59 bits per heavy atom. The van der Waals surface area contributed by atoms with Crippen LogP contribution in [0.5, 0.6) is 0 Å². The van der Waals surface area contributed by atoms with E-state index in [9.17, 15) is 13.2 Å². The summed E-state index contributed by atoms with van der Waals surface area (Å²) >= 11 is 2.88. The molecule has 0 amide bonds. The highest BCUT2D eigenvalue weighted by Gasteiger charge is 2.29. The van der Waals surface area contributed by atoms with Crippen LogP contribution in [0.1, 0.15) is 0 Å². The minimum atomic E-state index is -4.13. The monoisotopic (exact) mass is 328 g/mol. The van der Waals surface area contributed by atoms with Gasteiger partial charge in [0.1, 0.15) is 6.04 Å². The van der Waals surface area contributed by atoms with Crippen molar-refractivity contribution in [1.82, 2.24) is 19.7 Å². The zero-order valence-corrected chi connectivity index (χ0v) is 10.9. The first-order valence-electron chi connectivity index (χ1n) is 4.20. The van der Waals surface area contributed by atoms with Crippen molar-refractivity contribution in [3.63, 3.8) is 0 Å². The molecule has 3 N–H and O–H groups in total. The number of aliphatic hydroxyl groups is 1. The molecule has 17 heavy (non-hydrogen) atoms. The van der Waals surface area contributed by atoms with Crippen LogP contribution in [0, 0.1) is 0 Å². The minimum absolute atomic E-state index is 0.0467. The topological polar surface area (TPSA) is 134 Å². The number of halogens is 1. The van der Waals surface area contributed by atoms with Gasteiger partial charge in [-0.1, -0.05) is 5.21 Å². The second-order valence-corrected chi connectivity index (χ2v) is 5.38. The number of hydrogen-bond acceptors (Lipinski definition) is 6. The number of aliphatic carboxylic acids is 1. The maximum Gasteiger partial charge on any atom is 0.324 e. The fraction of sp³-hybridized carbons (Fsp3) is 0.500. The fourth-order valence-electron chi connectivity index (χ4n) is 1.02. The second-order valence-electron chi connectivity index (χ2n) is 3.00. The maximum atomic E-state index is 11.8. The molecule has 9 nitrogen and oxygen atoms in total. The summed E-state index contributed by atoms with van der Waals surface area (Å²) in [6.07, 6.45) is 0. The number of carboxylic acid groups (broad SMARTS) is 1. The van der Waals surface area contributed by atoms with Crippen molar-refractivity contribution in [2.75, 3.05) is 6.61 Å². The summed E-state index contributed by atoms with van der Waals surface area (Å²) in [5.41, 5.74) is 0. The number of carboxylic acids is 1. The van der Waals surface area contributed by atoms with E-state index < -0.39 is 28.6 Å². The van der Waals surface area contributed by atoms with E-state index in [0.717, 1.165) is 4.68 Å². The van der Waals surface area contributed by atoms with Gasteiger partial charge in [-0.05, 0) is 15.9 Å². The lowest BCUT2D eigenvalue weighted by Crippen LogP contribution is -2.43. The van der Waals surface area contributed by atoms with Crippen LogP contribution in [-0.2, 0) is 21.9 Å². The van der Waals surface area contributed by atoms with Gasteiger partial charge in [-0.2, -0.15) is 4.72 Å². The smallest absolute Gasteiger partial charge is 0.324 e. The quantitative estimate of drug-likeness (QED) is 0.586. The van der Waals surface area contributed by atoms with Gasteiger partial charge in [0.2, 0.25) is 5.03 Å².